The van der Waals surface area contributed by atoms with Crippen LogP contribution in [0, 0.1) is 0 Å². The number of hydrogen-bond donors (Lipinski definition) is 2. The quantitative estimate of drug-likeness (QED) is 0.690. The maximum Gasteiger partial charge on any atom is 0.225 e. The van der Waals surface area contributed by atoms with Gasteiger partial charge in [-0.1, -0.05) is 42.5 Å². The highest BCUT2D eigenvalue weighted by atomic mass is 32.2. The molecule has 4 nitrogen and oxygen atoms in total. The first-order valence-corrected chi connectivity index (χ1v) is 9.42. The van der Waals surface area contributed by atoms with Crippen molar-refractivity contribution in [3.8, 4) is 0 Å². The van der Waals surface area contributed by atoms with Crippen LogP contribution in [0.25, 0.3) is 11.0 Å². The minimum atomic E-state index is -0.0962. The summed E-state index contributed by atoms with van der Waals surface area (Å²) in [6.07, 6.45) is 3.31. The second kappa shape index (κ2) is 8.02. The van der Waals surface area contributed by atoms with Gasteiger partial charge in [-0.3, -0.25) is 4.79 Å². The Morgan fingerprint density at radius 2 is 1.92 bits per heavy atom. The molecule has 0 saturated heterocycles. The maximum atomic E-state index is 12.4. The van der Waals surface area contributed by atoms with Gasteiger partial charge in [-0.25, -0.2) is 4.98 Å². The van der Waals surface area contributed by atoms with E-state index < -0.39 is 0 Å². The smallest absolute Gasteiger partial charge is 0.225 e. The maximum absolute atomic E-state index is 12.4. The summed E-state index contributed by atoms with van der Waals surface area (Å²) in [7, 11) is 0. The van der Waals surface area contributed by atoms with Crippen molar-refractivity contribution in [2.24, 2.45) is 0 Å². The highest BCUT2D eigenvalue weighted by molar-refractivity contribution is 7.98. The van der Waals surface area contributed by atoms with Crippen molar-refractivity contribution >= 4 is 28.7 Å². The molecule has 3 aromatic rings. The number of imidazole rings is 1. The molecule has 124 valence electrons. The molecular weight excluding hydrogens is 318 g/mol. The Hall–Kier alpha value is -2.27. The molecule has 1 aromatic heterocycles. The monoisotopic (exact) mass is 339 g/mol. The summed E-state index contributed by atoms with van der Waals surface area (Å²) in [5.41, 5.74) is 2.95. The average Bonchev–Trinajstić information content (AvgIpc) is 3.03. The van der Waals surface area contributed by atoms with Gasteiger partial charge in [0.2, 0.25) is 5.91 Å². The summed E-state index contributed by atoms with van der Waals surface area (Å²) >= 11 is 1.77. The summed E-state index contributed by atoms with van der Waals surface area (Å²) in [5, 5.41) is 3.13. The van der Waals surface area contributed by atoms with E-state index >= 15 is 0 Å². The molecular formula is C19H21N3OS. The molecule has 3 rings (SSSR count). The Labute approximate surface area is 146 Å². The third kappa shape index (κ3) is 4.17. The molecule has 5 heteroatoms. The predicted molar refractivity (Wildman–Crippen MR) is 100 cm³/mol. The largest absolute Gasteiger partial charge is 0.346 e. The van der Waals surface area contributed by atoms with E-state index in [9.17, 15) is 4.79 Å². The molecule has 0 aliphatic carbocycles. The van der Waals surface area contributed by atoms with Gasteiger partial charge in [0.1, 0.15) is 5.82 Å². The van der Waals surface area contributed by atoms with Crippen LogP contribution in [0.1, 0.15) is 23.9 Å². The Bertz CT molecular complexity index is 767. The van der Waals surface area contributed by atoms with Gasteiger partial charge in [0.05, 0.1) is 23.5 Å². The van der Waals surface area contributed by atoms with E-state index in [2.05, 4.69) is 21.5 Å². The Morgan fingerprint density at radius 1 is 1.17 bits per heavy atom. The lowest BCUT2D eigenvalue weighted by Gasteiger charge is -2.16. The number of aromatic nitrogens is 2. The number of para-hydroxylation sites is 2. The second-order valence-electron chi connectivity index (χ2n) is 5.70. The topological polar surface area (TPSA) is 57.8 Å². The van der Waals surface area contributed by atoms with Crippen molar-refractivity contribution in [1.82, 2.24) is 15.3 Å². The van der Waals surface area contributed by atoms with E-state index in [-0.39, 0.29) is 11.9 Å². The zero-order chi connectivity index (χ0) is 16.8. The van der Waals surface area contributed by atoms with Crippen LogP contribution in [0.2, 0.25) is 0 Å². The van der Waals surface area contributed by atoms with Crippen molar-refractivity contribution in [2.45, 2.75) is 18.9 Å². The van der Waals surface area contributed by atoms with Crippen LogP contribution in [0.15, 0.2) is 54.6 Å². The zero-order valence-electron chi connectivity index (χ0n) is 13.7. The number of H-pyrrole nitrogens is 1. The number of benzene rings is 2. The number of rotatable bonds is 7. The molecule has 0 spiro atoms. The van der Waals surface area contributed by atoms with Gasteiger partial charge in [-0.05, 0) is 36.1 Å². The van der Waals surface area contributed by atoms with Crippen LogP contribution in [0.3, 0.4) is 0 Å². The molecule has 2 N–H and O–H groups in total. The third-order valence-electron chi connectivity index (χ3n) is 3.89. The van der Waals surface area contributed by atoms with Crippen molar-refractivity contribution < 1.29 is 4.79 Å². The first-order valence-electron chi connectivity index (χ1n) is 8.03. The SMILES string of the molecule is CSCC[C@@H](NC(=O)Cc1ccccc1)c1nc2ccccc2[nH]1. The number of fused-ring (bicyclic) bond motifs is 1. The molecule has 0 fully saturated rings. The van der Waals surface area contributed by atoms with Crippen LogP contribution in [0.5, 0.6) is 0 Å². The molecule has 1 atom stereocenters. The lowest BCUT2D eigenvalue weighted by atomic mass is 10.1. The van der Waals surface area contributed by atoms with Gasteiger partial charge in [0.25, 0.3) is 0 Å². The van der Waals surface area contributed by atoms with Gasteiger partial charge < -0.3 is 10.3 Å². The Morgan fingerprint density at radius 3 is 2.67 bits per heavy atom. The summed E-state index contributed by atoms with van der Waals surface area (Å²) in [4.78, 5) is 20.4. The summed E-state index contributed by atoms with van der Waals surface area (Å²) in [6, 6.07) is 17.6. The Kier molecular flexibility index (Phi) is 5.54. The lowest BCUT2D eigenvalue weighted by Crippen LogP contribution is -2.31. The van der Waals surface area contributed by atoms with Gasteiger partial charge in [0, 0.05) is 0 Å². The highest BCUT2D eigenvalue weighted by Crippen LogP contribution is 2.20. The number of nitrogens with zero attached hydrogens (tertiary/aromatic N) is 1. The van der Waals surface area contributed by atoms with Crippen molar-refractivity contribution in [3.05, 3.63) is 66.0 Å². The van der Waals surface area contributed by atoms with Crippen molar-refractivity contribution in [3.63, 3.8) is 0 Å². The number of thioether (sulfide) groups is 1. The standard InChI is InChI=1S/C19H21N3OS/c1-24-12-11-17(19-21-15-9-5-6-10-16(15)22-19)20-18(23)13-14-7-3-2-4-8-14/h2-10,17H,11-13H2,1H3,(H,20,23)(H,21,22)/t17-/m1/s1. The van der Waals surface area contributed by atoms with Gasteiger partial charge >= 0.3 is 0 Å². The predicted octanol–water partition coefficient (Wildman–Crippen LogP) is 3.72. The first kappa shape index (κ1) is 16.6. The van der Waals surface area contributed by atoms with Crippen molar-refractivity contribution in [1.29, 1.82) is 0 Å². The zero-order valence-corrected chi connectivity index (χ0v) is 14.5. The lowest BCUT2D eigenvalue weighted by molar-refractivity contribution is -0.121. The molecule has 2 aromatic carbocycles. The number of carbonyl (C=O) groups excluding carboxylic acids is 1. The minimum Gasteiger partial charge on any atom is -0.346 e. The second-order valence-corrected chi connectivity index (χ2v) is 6.69. The highest BCUT2D eigenvalue weighted by Gasteiger charge is 2.18. The molecule has 24 heavy (non-hydrogen) atoms. The van der Waals surface area contributed by atoms with Gasteiger partial charge in [-0.15, -0.1) is 0 Å². The minimum absolute atomic E-state index is 0.0211. The molecule has 0 aliphatic heterocycles. The molecule has 0 radical (unpaired) electrons. The van der Waals surface area contributed by atoms with Crippen LogP contribution in [-0.2, 0) is 11.2 Å². The van der Waals surface area contributed by atoms with E-state index in [1.165, 1.54) is 0 Å². The van der Waals surface area contributed by atoms with E-state index in [1.54, 1.807) is 11.8 Å². The number of carbonyl (C=O) groups is 1. The van der Waals surface area contributed by atoms with Crippen LogP contribution in [-0.4, -0.2) is 27.9 Å². The summed E-state index contributed by atoms with van der Waals surface area (Å²) in [6.45, 7) is 0. The Balaban J connectivity index is 1.74. The molecule has 0 unspecified atom stereocenters. The molecule has 1 amide bonds. The summed E-state index contributed by atoms with van der Waals surface area (Å²) < 4.78 is 0. The fraction of sp³-hybridized carbons (Fsp3) is 0.263. The third-order valence-corrected chi connectivity index (χ3v) is 4.54. The molecule has 0 aliphatic rings. The van der Waals surface area contributed by atoms with Crippen LogP contribution < -0.4 is 5.32 Å². The van der Waals surface area contributed by atoms with Crippen LogP contribution >= 0.6 is 11.8 Å². The van der Waals surface area contributed by atoms with E-state index in [0.717, 1.165) is 34.6 Å². The normalized spacial score (nSPS) is 12.2. The molecule has 1 heterocycles. The number of nitrogens with one attached hydrogen (secondary N) is 2. The number of hydrogen-bond acceptors (Lipinski definition) is 3. The average molecular weight is 339 g/mol. The van der Waals surface area contributed by atoms with Gasteiger partial charge in [0.15, 0.2) is 0 Å². The van der Waals surface area contributed by atoms with E-state index in [4.69, 9.17) is 0 Å². The number of amides is 1. The summed E-state index contributed by atoms with van der Waals surface area (Å²) in [5.74, 6) is 1.81. The molecule has 0 bridgehead atoms. The fourth-order valence-corrected chi connectivity index (χ4v) is 3.15. The van der Waals surface area contributed by atoms with Crippen molar-refractivity contribution in [2.75, 3.05) is 12.0 Å². The number of aromatic amines is 1. The van der Waals surface area contributed by atoms with E-state index in [0.29, 0.717) is 6.42 Å². The fourth-order valence-electron chi connectivity index (χ4n) is 2.68. The van der Waals surface area contributed by atoms with Crippen LogP contribution in [0.4, 0.5) is 0 Å². The molecule has 0 saturated carbocycles. The first-order chi connectivity index (χ1) is 11.8. The van der Waals surface area contributed by atoms with Gasteiger partial charge in [-0.2, -0.15) is 11.8 Å². The van der Waals surface area contributed by atoms with E-state index in [1.807, 2.05) is 54.6 Å².